The number of thioether (sulfide) groups is 1. The zero-order chi connectivity index (χ0) is 15.7. The highest BCUT2D eigenvalue weighted by atomic mass is 32.2. The molecule has 21 heavy (non-hydrogen) atoms. The maximum atomic E-state index is 11.9. The Labute approximate surface area is 132 Å². The van der Waals surface area contributed by atoms with Crippen molar-refractivity contribution in [1.82, 2.24) is 5.32 Å². The molecule has 0 aliphatic carbocycles. The summed E-state index contributed by atoms with van der Waals surface area (Å²) in [4.78, 5) is 11.9. The van der Waals surface area contributed by atoms with Crippen LogP contribution in [0.3, 0.4) is 0 Å². The van der Waals surface area contributed by atoms with E-state index in [4.69, 9.17) is 4.74 Å². The Bertz CT molecular complexity index is 452. The third-order valence-electron chi connectivity index (χ3n) is 2.66. The molecule has 1 amide bonds. The Morgan fingerprint density at radius 2 is 2.00 bits per heavy atom. The molecule has 1 rings (SSSR count). The molecular formula is C17H25NO2S. The minimum absolute atomic E-state index is 0.0208. The highest BCUT2D eigenvalue weighted by Gasteiger charge is 2.18. The van der Waals surface area contributed by atoms with Gasteiger partial charge in [-0.25, -0.2) is 4.79 Å². The lowest BCUT2D eigenvalue weighted by Crippen LogP contribution is -2.38. The van der Waals surface area contributed by atoms with Crippen LogP contribution in [0.1, 0.15) is 32.8 Å². The molecule has 0 saturated heterocycles. The van der Waals surface area contributed by atoms with Crippen LogP contribution in [0.15, 0.2) is 36.4 Å². The number of rotatable bonds is 6. The van der Waals surface area contributed by atoms with Crippen LogP contribution in [-0.4, -0.2) is 29.7 Å². The third kappa shape index (κ3) is 8.45. The lowest BCUT2D eigenvalue weighted by atomic mass is 10.1. The van der Waals surface area contributed by atoms with Crippen LogP contribution in [0.25, 0.3) is 6.08 Å². The maximum absolute atomic E-state index is 11.9. The minimum atomic E-state index is -0.475. The van der Waals surface area contributed by atoms with Crippen molar-refractivity contribution in [3.8, 4) is 0 Å². The summed E-state index contributed by atoms with van der Waals surface area (Å²) < 4.78 is 5.31. The van der Waals surface area contributed by atoms with Gasteiger partial charge < -0.3 is 10.1 Å². The van der Waals surface area contributed by atoms with E-state index < -0.39 is 5.60 Å². The van der Waals surface area contributed by atoms with Gasteiger partial charge in [0.1, 0.15) is 5.60 Å². The lowest BCUT2D eigenvalue weighted by molar-refractivity contribution is 0.0514. The van der Waals surface area contributed by atoms with Gasteiger partial charge in [0.15, 0.2) is 0 Å². The Morgan fingerprint density at radius 3 is 2.57 bits per heavy atom. The van der Waals surface area contributed by atoms with Crippen molar-refractivity contribution < 1.29 is 9.53 Å². The normalized spacial score (nSPS) is 13.1. The summed E-state index contributed by atoms with van der Waals surface area (Å²) in [6.07, 6.45) is 6.62. The van der Waals surface area contributed by atoms with Crippen LogP contribution < -0.4 is 5.32 Å². The number of hydrogen-bond acceptors (Lipinski definition) is 3. The number of benzene rings is 1. The van der Waals surface area contributed by atoms with E-state index >= 15 is 0 Å². The first kappa shape index (κ1) is 17.6. The first-order chi connectivity index (χ1) is 9.90. The van der Waals surface area contributed by atoms with Crippen LogP contribution in [0, 0.1) is 0 Å². The standard InChI is InChI=1S/C17H25NO2S/c1-17(2,3)20-16(19)18-15(12-13-21-4)11-10-14-8-6-5-7-9-14/h5-11,15H,12-13H2,1-4H3,(H,18,19)/b11-10+/t15-/m1/s1. The molecule has 0 bridgehead atoms. The van der Waals surface area contributed by atoms with E-state index in [9.17, 15) is 4.79 Å². The second-order valence-corrected chi connectivity index (χ2v) is 6.79. The summed E-state index contributed by atoms with van der Waals surface area (Å²) in [6, 6.07) is 10.0. The fourth-order valence-electron chi connectivity index (χ4n) is 1.71. The fraction of sp³-hybridized carbons (Fsp3) is 0.471. The molecule has 1 N–H and O–H groups in total. The van der Waals surface area contributed by atoms with Crippen LogP contribution in [0.5, 0.6) is 0 Å². The van der Waals surface area contributed by atoms with E-state index in [2.05, 4.69) is 11.6 Å². The van der Waals surface area contributed by atoms with Gasteiger partial charge in [0.2, 0.25) is 0 Å². The minimum Gasteiger partial charge on any atom is -0.444 e. The van der Waals surface area contributed by atoms with Crippen molar-refractivity contribution in [2.24, 2.45) is 0 Å². The van der Waals surface area contributed by atoms with Gasteiger partial charge >= 0.3 is 6.09 Å². The highest BCUT2D eigenvalue weighted by molar-refractivity contribution is 7.98. The third-order valence-corrected chi connectivity index (χ3v) is 3.30. The summed E-state index contributed by atoms with van der Waals surface area (Å²) in [5.41, 5.74) is 0.648. The number of alkyl carbamates (subject to hydrolysis) is 1. The van der Waals surface area contributed by atoms with Gasteiger partial charge in [0.25, 0.3) is 0 Å². The molecule has 0 aliphatic rings. The van der Waals surface area contributed by atoms with Gasteiger partial charge in [-0.3, -0.25) is 0 Å². The second kappa shape index (κ2) is 8.78. The van der Waals surface area contributed by atoms with Crippen molar-refractivity contribution in [3.63, 3.8) is 0 Å². The van der Waals surface area contributed by atoms with Crippen LogP contribution in [0.4, 0.5) is 4.79 Å². The largest absolute Gasteiger partial charge is 0.444 e. The van der Waals surface area contributed by atoms with Crippen molar-refractivity contribution >= 4 is 23.9 Å². The highest BCUT2D eigenvalue weighted by Crippen LogP contribution is 2.10. The van der Waals surface area contributed by atoms with Gasteiger partial charge in [0.05, 0.1) is 6.04 Å². The summed E-state index contributed by atoms with van der Waals surface area (Å²) in [5, 5.41) is 2.92. The molecule has 0 radical (unpaired) electrons. The summed E-state index contributed by atoms with van der Waals surface area (Å²) in [6.45, 7) is 5.59. The monoisotopic (exact) mass is 307 g/mol. The Hall–Kier alpha value is -1.42. The first-order valence-corrected chi connectivity index (χ1v) is 8.52. The summed E-state index contributed by atoms with van der Waals surface area (Å²) in [5.74, 6) is 0.986. The van der Waals surface area contributed by atoms with Crippen molar-refractivity contribution in [2.75, 3.05) is 12.0 Å². The quantitative estimate of drug-likeness (QED) is 0.849. The molecule has 0 fully saturated rings. The van der Waals surface area contributed by atoms with Crippen molar-refractivity contribution in [2.45, 2.75) is 38.8 Å². The molecule has 0 aromatic heterocycles. The number of hydrogen-bond donors (Lipinski definition) is 1. The van der Waals surface area contributed by atoms with Crippen LogP contribution in [-0.2, 0) is 4.74 Å². The lowest BCUT2D eigenvalue weighted by Gasteiger charge is -2.22. The smallest absolute Gasteiger partial charge is 0.408 e. The molecule has 116 valence electrons. The molecule has 0 unspecified atom stereocenters. The average Bonchev–Trinajstić information content (AvgIpc) is 2.41. The van der Waals surface area contributed by atoms with E-state index in [1.165, 1.54) is 0 Å². The van der Waals surface area contributed by atoms with Gasteiger partial charge in [-0.15, -0.1) is 0 Å². The molecule has 0 saturated carbocycles. The number of carbonyl (C=O) groups is 1. The topological polar surface area (TPSA) is 38.3 Å². The van der Waals surface area contributed by atoms with Crippen LogP contribution >= 0.6 is 11.8 Å². The second-order valence-electron chi connectivity index (χ2n) is 5.80. The zero-order valence-corrected chi connectivity index (χ0v) is 14.1. The van der Waals surface area contributed by atoms with Gasteiger partial charge in [-0.1, -0.05) is 42.5 Å². The van der Waals surface area contributed by atoms with Gasteiger partial charge in [-0.05, 0) is 44.8 Å². The van der Waals surface area contributed by atoms with E-state index in [0.29, 0.717) is 0 Å². The molecule has 1 aromatic carbocycles. The number of ether oxygens (including phenoxy) is 1. The van der Waals surface area contributed by atoms with E-state index in [0.717, 1.165) is 17.7 Å². The van der Waals surface area contributed by atoms with E-state index in [-0.39, 0.29) is 12.1 Å². The molecule has 3 nitrogen and oxygen atoms in total. The molecule has 0 spiro atoms. The van der Waals surface area contributed by atoms with E-state index in [1.54, 1.807) is 11.8 Å². The molecule has 1 atom stereocenters. The zero-order valence-electron chi connectivity index (χ0n) is 13.3. The molecule has 4 heteroatoms. The number of carbonyl (C=O) groups excluding carboxylic acids is 1. The maximum Gasteiger partial charge on any atom is 0.408 e. The fourth-order valence-corrected chi connectivity index (χ4v) is 2.20. The van der Waals surface area contributed by atoms with Gasteiger partial charge in [0, 0.05) is 0 Å². The molecule has 0 aliphatic heterocycles. The molecular weight excluding hydrogens is 282 g/mol. The predicted molar refractivity (Wildman–Crippen MR) is 91.6 cm³/mol. The summed E-state index contributed by atoms with van der Waals surface area (Å²) >= 11 is 1.77. The predicted octanol–water partition coefficient (Wildman–Crippen LogP) is 4.35. The number of nitrogens with one attached hydrogen (secondary N) is 1. The van der Waals surface area contributed by atoms with Crippen LogP contribution in [0.2, 0.25) is 0 Å². The Kier molecular flexibility index (Phi) is 7.37. The van der Waals surface area contributed by atoms with Gasteiger partial charge in [-0.2, -0.15) is 11.8 Å². The van der Waals surface area contributed by atoms with E-state index in [1.807, 2.05) is 63.3 Å². The SMILES string of the molecule is CSCC[C@@H](/C=C/c1ccccc1)NC(=O)OC(C)(C)C. The first-order valence-electron chi connectivity index (χ1n) is 7.12. The Morgan fingerprint density at radius 1 is 1.33 bits per heavy atom. The summed E-state index contributed by atoms with van der Waals surface area (Å²) in [7, 11) is 0. The molecule has 0 heterocycles. The van der Waals surface area contributed by atoms with Crippen molar-refractivity contribution in [1.29, 1.82) is 0 Å². The average molecular weight is 307 g/mol. The molecule has 1 aromatic rings. The Balaban J connectivity index is 2.63. The van der Waals surface area contributed by atoms with Crippen molar-refractivity contribution in [3.05, 3.63) is 42.0 Å². The number of amides is 1.